The molecule has 0 bridgehead atoms. The fraction of sp³-hybridized carbons (Fsp3) is 1.00. The van der Waals surface area contributed by atoms with Crippen LogP contribution in [0.15, 0.2) is 0 Å². The lowest BCUT2D eigenvalue weighted by Gasteiger charge is -2.21. The summed E-state index contributed by atoms with van der Waals surface area (Å²) in [5.74, 6) is 0. The van der Waals surface area contributed by atoms with Crippen molar-refractivity contribution in [3.05, 3.63) is 0 Å². The zero-order valence-corrected chi connectivity index (χ0v) is 12.7. The molecule has 0 aromatic heterocycles. The summed E-state index contributed by atoms with van der Waals surface area (Å²) in [4.78, 5) is 0. The van der Waals surface area contributed by atoms with E-state index in [0.717, 1.165) is 25.7 Å². The maximum Gasteiger partial charge on any atom is 0.0641 e. The molecule has 19 heavy (non-hydrogen) atoms. The quantitative estimate of drug-likeness (QED) is 0.425. The lowest BCUT2D eigenvalue weighted by Crippen LogP contribution is -2.25. The Morgan fingerprint density at radius 2 is 1.00 bits per heavy atom. The van der Waals surface area contributed by atoms with Crippen molar-refractivity contribution in [3.8, 4) is 0 Å². The first kappa shape index (κ1) is 18.9. The minimum absolute atomic E-state index is 0.0727. The molecule has 0 heterocycles. The number of rotatable bonds is 14. The summed E-state index contributed by atoms with van der Waals surface area (Å²) in [5.41, 5.74) is -0.679. The number of hydrogen-bond donors (Lipinski definition) is 3. The van der Waals surface area contributed by atoms with Crippen molar-refractivity contribution in [2.75, 3.05) is 13.2 Å². The SMILES string of the molecule is CC(O)(CCO)CCCCCCCCCCCCO. The Balaban J connectivity index is 3.14. The Morgan fingerprint density at radius 3 is 1.42 bits per heavy atom. The molecule has 0 aliphatic rings. The van der Waals surface area contributed by atoms with E-state index >= 15 is 0 Å². The highest BCUT2D eigenvalue weighted by Crippen LogP contribution is 2.19. The van der Waals surface area contributed by atoms with E-state index < -0.39 is 5.60 Å². The van der Waals surface area contributed by atoms with Crippen LogP contribution >= 0.6 is 0 Å². The van der Waals surface area contributed by atoms with Crippen LogP contribution in [0.3, 0.4) is 0 Å². The molecule has 116 valence electrons. The molecule has 0 spiro atoms. The van der Waals surface area contributed by atoms with E-state index in [4.69, 9.17) is 10.2 Å². The number of unbranched alkanes of at least 4 members (excludes halogenated alkanes) is 9. The van der Waals surface area contributed by atoms with Crippen molar-refractivity contribution in [1.82, 2.24) is 0 Å². The van der Waals surface area contributed by atoms with Crippen LogP contribution in [0, 0.1) is 0 Å². The Hall–Kier alpha value is -0.120. The van der Waals surface area contributed by atoms with Crippen molar-refractivity contribution < 1.29 is 15.3 Å². The third-order valence-electron chi connectivity index (χ3n) is 3.77. The average Bonchev–Trinajstić information content (AvgIpc) is 2.36. The first-order valence-electron chi connectivity index (χ1n) is 8.06. The van der Waals surface area contributed by atoms with E-state index in [1.54, 1.807) is 0 Å². The largest absolute Gasteiger partial charge is 0.396 e. The lowest BCUT2D eigenvalue weighted by atomic mass is 9.94. The van der Waals surface area contributed by atoms with E-state index in [9.17, 15) is 5.11 Å². The highest BCUT2D eigenvalue weighted by Gasteiger charge is 2.18. The molecule has 0 amide bonds. The summed E-state index contributed by atoms with van der Waals surface area (Å²) in [6, 6.07) is 0. The highest BCUT2D eigenvalue weighted by atomic mass is 16.3. The van der Waals surface area contributed by atoms with Gasteiger partial charge in [0.25, 0.3) is 0 Å². The van der Waals surface area contributed by atoms with Gasteiger partial charge in [-0.3, -0.25) is 0 Å². The van der Waals surface area contributed by atoms with Crippen LogP contribution in [-0.4, -0.2) is 34.1 Å². The maximum absolute atomic E-state index is 9.88. The van der Waals surface area contributed by atoms with Gasteiger partial charge in [0.15, 0.2) is 0 Å². The van der Waals surface area contributed by atoms with E-state index in [1.165, 1.54) is 44.9 Å². The van der Waals surface area contributed by atoms with Gasteiger partial charge >= 0.3 is 0 Å². The van der Waals surface area contributed by atoms with Gasteiger partial charge in [0.05, 0.1) is 5.60 Å². The predicted molar refractivity (Wildman–Crippen MR) is 80.2 cm³/mol. The van der Waals surface area contributed by atoms with Gasteiger partial charge in [-0.2, -0.15) is 0 Å². The number of aliphatic hydroxyl groups is 3. The molecular weight excluding hydrogens is 240 g/mol. The van der Waals surface area contributed by atoms with Crippen molar-refractivity contribution in [2.45, 2.75) is 89.6 Å². The van der Waals surface area contributed by atoms with Gasteiger partial charge in [-0.05, 0) is 26.2 Å². The van der Waals surface area contributed by atoms with Gasteiger partial charge in [-0.15, -0.1) is 0 Å². The normalized spacial score (nSPS) is 14.5. The van der Waals surface area contributed by atoms with Crippen LogP contribution in [0.5, 0.6) is 0 Å². The van der Waals surface area contributed by atoms with E-state index in [1.807, 2.05) is 6.92 Å². The third-order valence-corrected chi connectivity index (χ3v) is 3.77. The van der Waals surface area contributed by atoms with Crippen LogP contribution in [0.2, 0.25) is 0 Å². The molecule has 0 saturated carbocycles. The fourth-order valence-corrected chi connectivity index (χ4v) is 2.40. The Bertz CT molecular complexity index is 181. The van der Waals surface area contributed by atoms with E-state index in [2.05, 4.69) is 0 Å². The summed E-state index contributed by atoms with van der Waals surface area (Å²) in [5, 5.41) is 27.3. The molecule has 0 aliphatic heterocycles. The minimum atomic E-state index is -0.679. The molecule has 0 radical (unpaired) electrons. The third kappa shape index (κ3) is 14.1. The van der Waals surface area contributed by atoms with Crippen molar-refractivity contribution in [3.63, 3.8) is 0 Å². The minimum Gasteiger partial charge on any atom is -0.396 e. The monoisotopic (exact) mass is 274 g/mol. The maximum atomic E-state index is 9.88. The predicted octanol–water partition coefficient (Wildman–Crippen LogP) is 3.40. The molecule has 0 saturated heterocycles. The molecule has 1 unspecified atom stereocenters. The summed E-state index contributed by atoms with van der Waals surface area (Å²) >= 11 is 0. The first-order valence-corrected chi connectivity index (χ1v) is 8.06. The Labute approximate surface area is 119 Å². The fourth-order valence-electron chi connectivity index (χ4n) is 2.40. The van der Waals surface area contributed by atoms with Crippen LogP contribution in [0.25, 0.3) is 0 Å². The number of aliphatic hydroxyl groups excluding tert-OH is 2. The second-order valence-corrected chi connectivity index (χ2v) is 5.98. The van der Waals surface area contributed by atoms with Gasteiger partial charge < -0.3 is 15.3 Å². The van der Waals surface area contributed by atoms with Gasteiger partial charge in [0, 0.05) is 13.2 Å². The second kappa shape index (κ2) is 12.9. The molecule has 3 nitrogen and oxygen atoms in total. The lowest BCUT2D eigenvalue weighted by molar-refractivity contribution is 0.0232. The van der Waals surface area contributed by atoms with Gasteiger partial charge in [-0.1, -0.05) is 57.8 Å². The number of hydrogen-bond acceptors (Lipinski definition) is 3. The van der Waals surface area contributed by atoms with E-state index in [0.29, 0.717) is 13.0 Å². The van der Waals surface area contributed by atoms with Gasteiger partial charge in [0.2, 0.25) is 0 Å². The molecule has 1 atom stereocenters. The van der Waals surface area contributed by atoms with Crippen molar-refractivity contribution in [1.29, 1.82) is 0 Å². The molecule has 0 aromatic carbocycles. The van der Waals surface area contributed by atoms with Crippen LogP contribution in [0.1, 0.15) is 84.0 Å². The smallest absolute Gasteiger partial charge is 0.0641 e. The molecule has 0 rings (SSSR count). The summed E-state index contributed by atoms with van der Waals surface area (Å²) < 4.78 is 0. The topological polar surface area (TPSA) is 60.7 Å². The van der Waals surface area contributed by atoms with Crippen LogP contribution < -0.4 is 0 Å². The van der Waals surface area contributed by atoms with Gasteiger partial charge in [-0.25, -0.2) is 0 Å². The highest BCUT2D eigenvalue weighted by molar-refractivity contribution is 4.71. The molecule has 0 fully saturated rings. The van der Waals surface area contributed by atoms with Gasteiger partial charge in [0.1, 0.15) is 0 Å². The molecule has 3 N–H and O–H groups in total. The van der Waals surface area contributed by atoms with Crippen molar-refractivity contribution in [2.24, 2.45) is 0 Å². The van der Waals surface area contributed by atoms with Crippen molar-refractivity contribution >= 4 is 0 Å². The Morgan fingerprint density at radius 1 is 0.579 bits per heavy atom. The Kier molecular flexibility index (Phi) is 12.8. The molecule has 0 aliphatic carbocycles. The first-order chi connectivity index (χ1) is 9.12. The second-order valence-electron chi connectivity index (χ2n) is 5.98. The van der Waals surface area contributed by atoms with Crippen LogP contribution in [-0.2, 0) is 0 Å². The zero-order valence-electron chi connectivity index (χ0n) is 12.7. The average molecular weight is 274 g/mol. The summed E-state index contributed by atoms with van der Waals surface area (Å²) in [6.07, 6.45) is 13.4. The standard InChI is InChI=1S/C16H34O3/c1-16(19,13-15-18)12-10-8-6-4-2-3-5-7-9-11-14-17/h17-19H,2-15H2,1H3. The molecular formula is C16H34O3. The summed E-state index contributed by atoms with van der Waals surface area (Å²) in [6.45, 7) is 2.22. The molecule has 0 aromatic rings. The molecule has 3 heteroatoms. The van der Waals surface area contributed by atoms with Crippen LogP contribution in [0.4, 0.5) is 0 Å². The summed E-state index contributed by atoms with van der Waals surface area (Å²) in [7, 11) is 0. The zero-order chi connectivity index (χ0) is 14.4. The van der Waals surface area contributed by atoms with E-state index in [-0.39, 0.29) is 6.61 Å².